The third-order valence-electron chi connectivity index (χ3n) is 8.36. The lowest BCUT2D eigenvalue weighted by atomic mass is 9.74. The summed E-state index contributed by atoms with van der Waals surface area (Å²) in [5, 5.41) is 32.4. The second kappa shape index (κ2) is 21.1. The van der Waals surface area contributed by atoms with Gasteiger partial charge in [-0.3, -0.25) is 28.8 Å². The van der Waals surface area contributed by atoms with Gasteiger partial charge >= 0.3 is 11.9 Å². The number of benzene rings is 1. The van der Waals surface area contributed by atoms with E-state index < -0.39 is 99.4 Å². The molecule has 1 aromatic rings. The number of sulfone groups is 1. The number of nitrogens with one attached hydrogen (secondary N) is 5. The molecular weight excluding hydrogens is 712 g/mol. The molecule has 17 nitrogen and oxygen atoms in total. The van der Waals surface area contributed by atoms with Gasteiger partial charge in [-0.25, -0.2) is 13.2 Å². The highest BCUT2D eigenvalue weighted by Gasteiger charge is 2.40. The molecule has 0 fully saturated rings. The first-order valence-corrected chi connectivity index (χ1v) is 19.5. The molecule has 0 aliphatic heterocycles. The standard InChI is InChI=1S/C35H56N6O11S/c1-7-18-37-23-13-11-22(12-14-23)29(44)38-19-9-8-10-24(28(36)43)39-27(42)16-15-26(31(46)47)40-30(45)25(17-20-53(6,51)52)41-32(48)34(2,3)21-35(4,5)33(49)50/h11-14,24-26,37H,7-10,15-21H2,1-6H3,(H2,36,43)(H,38,44)(H,39,42)(H,40,45)(H,41,48)(H,46,47)(H,49,50)/t24-,25?,26?/m0/s1. The maximum atomic E-state index is 13.2. The molecule has 0 radical (unpaired) electrons. The van der Waals surface area contributed by atoms with Crippen molar-refractivity contribution < 1.29 is 52.2 Å². The van der Waals surface area contributed by atoms with Crippen molar-refractivity contribution in [1.29, 1.82) is 0 Å². The van der Waals surface area contributed by atoms with Crippen LogP contribution in [0, 0.1) is 10.8 Å². The lowest BCUT2D eigenvalue weighted by Crippen LogP contribution is -2.55. The molecule has 53 heavy (non-hydrogen) atoms. The number of anilines is 1. The second-order valence-electron chi connectivity index (χ2n) is 14.4. The molecule has 5 amide bonds. The van der Waals surface area contributed by atoms with Gasteiger partial charge in [0.1, 0.15) is 28.0 Å². The van der Waals surface area contributed by atoms with Gasteiger partial charge in [-0.1, -0.05) is 20.8 Å². The van der Waals surface area contributed by atoms with Crippen molar-refractivity contribution >= 4 is 57.0 Å². The summed E-state index contributed by atoms with van der Waals surface area (Å²) in [7, 11) is -3.61. The van der Waals surface area contributed by atoms with E-state index in [1.807, 2.05) is 19.1 Å². The Bertz CT molecular complexity index is 1560. The summed E-state index contributed by atoms with van der Waals surface area (Å²) >= 11 is 0. The van der Waals surface area contributed by atoms with E-state index in [1.54, 1.807) is 12.1 Å². The highest BCUT2D eigenvalue weighted by Crippen LogP contribution is 2.34. The minimum absolute atomic E-state index is 0.135. The largest absolute Gasteiger partial charge is 0.481 e. The minimum atomic E-state index is -3.61. The molecule has 1 aromatic carbocycles. The van der Waals surface area contributed by atoms with E-state index in [0.29, 0.717) is 24.9 Å². The molecule has 0 aliphatic carbocycles. The monoisotopic (exact) mass is 768 g/mol. The number of hydrogen-bond acceptors (Lipinski definition) is 10. The van der Waals surface area contributed by atoms with Gasteiger partial charge in [0.05, 0.1) is 11.2 Å². The van der Waals surface area contributed by atoms with Crippen molar-refractivity contribution in [2.75, 3.05) is 30.4 Å². The van der Waals surface area contributed by atoms with Crippen LogP contribution in [0.2, 0.25) is 0 Å². The average Bonchev–Trinajstić information content (AvgIpc) is 3.05. The molecule has 9 N–H and O–H groups in total. The molecule has 0 aromatic heterocycles. The van der Waals surface area contributed by atoms with E-state index >= 15 is 0 Å². The summed E-state index contributed by atoms with van der Waals surface area (Å²) in [4.78, 5) is 87.2. The van der Waals surface area contributed by atoms with Crippen molar-refractivity contribution in [3.63, 3.8) is 0 Å². The van der Waals surface area contributed by atoms with Gasteiger partial charge < -0.3 is 42.5 Å². The van der Waals surface area contributed by atoms with Crippen LogP contribution in [0.15, 0.2) is 24.3 Å². The number of amides is 5. The quantitative estimate of drug-likeness (QED) is 0.0651. The first-order chi connectivity index (χ1) is 24.5. The zero-order chi connectivity index (χ0) is 40.6. The van der Waals surface area contributed by atoms with Crippen LogP contribution in [-0.4, -0.2) is 103 Å². The Morgan fingerprint density at radius 3 is 1.94 bits per heavy atom. The Morgan fingerprint density at radius 2 is 1.42 bits per heavy atom. The van der Waals surface area contributed by atoms with Crippen molar-refractivity contribution in [3.05, 3.63) is 29.8 Å². The Labute approximate surface area is 310 Å². The van der Waals surface area contributed by atoms with Crippen LogP contribution in [0.5, 0.6) is 0 Å². The maximum Gasteiger partial charge on any atom is 0.326 e. The van der Waals surface area contributed by atoms with E-state index in [4.69, 9.17) is 5.73 Å². The smallest absolute Gasteiger partial charge is 0.326 e. The fourth-order valence-corrected chi connectivity index (χ4v) is 6.02. The molecule has 0 saturated heterocycles. The first kappa shape index (κ1) is 46.3. The lowest BCUT2D eigenvalue weighted by Gasteiger charge is -2.32. The molecule has 2 unspecified atom stereocenters. The number of unbranched alkanes of at least 4 members (excludes halogenated alkanes) is 1. The molecule has 0 bridgehead atoms. The molecule has 1 rings (SSSR count). The summed E-state index contributed by atoms with van der Waals surface area (Å²) in [6.45, 7) is 8.93. The summed E-state index contributed by atoms with van der Waals surface area (Å²) in [6, 6.07) is 2.82. The van der Waals surface area contributed by atoms with E-state index in [9.17, 15) is 52.2 Å². The summed E-state index contributed by atoms with van der Waals surface area (Å²) in [5.74, 6) is -6.77. The van der Waals surface area contributed by atoms with Gasteiger partial charge in [0, 0.05) is 42.4 Å². The van der Waals surface area contributed by atoms with E-state index in [-0.39, 0.29) is 18.7 Å². The van der Waals surface area contributed by atoms with E-state index in [1.165, 1.54) is 27.7 Å². The highest BCUT2D eigenvalue weighted by atomic mass is 32.2. The SMILES string of the molecule is CCCNc1ccc(C(=O)NCCCC[C@H](NC(=O)CCC(NC(=O)C(CCS(C)(=O)=O)NC(=O)C(C)(C)CC(C)(C)C(=O)O)C(=O)O)C(N)=O)cc1. The predicted molar refractivity (Wildman–Crippen MR) is 197 cm³/mol. The number of primary amides is 1. The normalized spacial score (nSPS) is 13.5. The number of carbonyl (C=O) groups is 7. The van der Waals surface area contributed by atoms with Gasteiger partial charge in [-0.05, 0) is 83.1 Å². The summed E-state index contributed by atoms with van der Waals surface area (Å²) in [6.07, 6.45) is 1.51. The van der Waals surface area contributed by atoms with E-state index in [0.717, 1.165) is 24.9 Å². The fourth-order valence-electron chi connectivity index (χ4n) is 5.36. The molecule has 0 spiro atoms. The third-order valence-corrected chi connectivity index (χ3v) is 9.34. The molecule has 18 heteroatoms. The van der Waals surface area contributed by atoms with Gasteiger partial charge in [0.25, 0.3) is 5.91 Å². The van der Waals surface area contributed by atoms with Crippen LogP contribution in [0.3, 0.4) is 0 Å². The van der Waals surface area contributed by atoms with Crippen molar-refractivity contribution in [2.24, 2.45) is 16.6 Å². The molecular formula is C35H56N6O11S. The average molecular weight is 769 g/mol. The fraction of sp³-hybridized carbons (Fsp3) is 0.629. The molecule has 298 valence electrons. The highest BCUT2D eigenvalue weighted by molar-refractivity contribution is 7.90. The van der Waals surface area contributed by atoms with Crippen LogP contribution in [0.4, 0.5) is 5.69 Å². The van der Waals surface area contributed by atoms with Gasteiger partial charge in [-0.2, -0.15) is 0 Å². The van der Waals surface area contributed by atoms with Crippen LogP contribution < -0.4 is 32.3 Å². The number of aliphatic carboxylic acids is 2. The molecule has 0 heterocycles. The lowest BCUT2D eigenvalue weighted by molar-refractivity contribution is -0.150. The molecule has 0 saturated carbocycles. The molecule has 3 atom stereocenters. The zero-order valence-corrected chi connectivity index (χ0v) is 32.2. The van der Waals surface area contributed by atoms with Crippen molar-refractivity contribution in [1.82, 2.24) is 21.3 Å². The number of nitrogens with two attached hydrogens (primary N) is 1. The van der Waals surface area contributed by atoms with Crippen molar-refractivity contribution in [2.45, 2.75) is 104 Å². The van der Waals surface area contributed by atoms with Crippen LogP contribution in [0.25, 0.3) is 0 Å². The van der Waals surface area contributed by atoms with Crippen LogP contribution in [0.1, 0.15) is 96.3 Å². The van der Waals surface area contributed by atoms with Gasteiger partial charge in [0.15, 0.2) is 0 Å². The number of carboxylic acid groups (broad SMARTS) is 2. The minimum Gasteiger partial charge on any atom is -0.481 e. The Morgan fingerprint density at radius 1 is 0.792 bits per heavy atom. The summed E-state index contributed by atoms with van der Waals surface area (Å²) in [5.41, 5.74) is 4.22. The third kappa shape index (κ3) is 17.6. The van der Waals surface area contributed by atoms with Crippen molar-refractivity contribution in [3.8, 4) is 0 Å². The van der Waals surface area contributed by atoms with Gasteiger partial charge in [-0.15, -0.1) is 0 Å². The van der Waals surface area contributed by atoms with E-state index in [2.05, 4.69) is 26.6 Å². The second-order valence-corrected chi connectivity index (χ2v) is 16.7. The summed E-state index contributed by atoms with van der Waals surface area (Å²) < 4.78 is 23.7. The van der Waals surface area contributed by atoms with Gasteiger partial charge in [0.2, 0.25) is 23.6 Å². The van der Waals surface area contributed by atoms with Crippen LogP contribution in [-0.2, 0) is 38.6 Å². The number of carboxylic acids is 2. The Hall–Kier alpha value is -4.74. The number of rotatable bonds is 25. The number of hydrogen-bond donors (Lipinski definition) is 8. The zero-order valence-electron chi connectivity index (χ0n) is 31.4. The first-order valence-electron chi connectivity index (χ1n) is 17.4. The topological polar surface area (TPSA) is 280 Å². The maximum absolute atomic E-state index is 13.2. The Balaban J connectivity index is 2.77. The van der Waals surface area contributed by atoms with Crippen LogP contribution >= 0.6 is 0 Å². The predicted octanol–water partition coefficient (Wildman–Crippen LogP) is 1.17. The molecule has 0 aliphatic rings. The number of carbonyl (C=O) groups excluding carboxylic acids is 5. The Kier molecular flexibility index (Phi) is 18.4.